The molecule has 0 radical (unpaired) electrons. The highest BCUT2D eigenvalue weighted by molar-refractivity contribution is 7.13. The van der Waals surface area contributed by atoms with Gasteiger partial charge in [0.15, 0.2) is 0 Å². The van der Waals surface area contributed by atoms with Crippen molar-refractivity contribution in [2.75, 3.05) is 44.6 Å². The second-order valence-electron chi connectivity index (χ2n) is 9.55. The Balaban J connectivity index is 1.04. The van der Waals surface area contributed by atoms with Gasteiger partial charge in [0.2, 0.25) is 10.9 Å². The highest BCUT2D eigenvalue weighted by Gasteiger charge is 2.24. The third kappa shape index (κ3) is 8.37. The van der Waals surface area contributed by atoms with Crippen LogP contribution in [0, 0.1) is 0 Å². The molecule has 4 rings (SSSR count). The van der Waals surface area contributed by atoms with Crippen LogP contribution in [-0.2, 0) is 11.2 Å². The predicted molar refractivity (Wildman–Crippen MR) is 140 cm³/mol. The molecule has 0 unspecified atom stereocenters. The summed E-state index contributed by atoms with van der Waals surface area (Å²) in [5.74, 6) is -0.174. The number of rotatable bonds is 11. The number of nitrogens with one attached hydrogen (secondary N) is 2. The Morgan fingerprint density at radius 1 is 0.971 bits per heavy atom. The predicted octanol–water partition coefficient (Wildman–Crippen LogP) is 3.57. The number of aromatic nitrogens is 2. The minimum Gasteiger partial charge on any atom is -0.356 e. The fraction of sp³-hybridized carbons (Fsp3) is 0.615. The highest BCUT2D eigenvalue weighted by Crippen LogP contribution is 2.23. The van der Waals surface area contributed by atoms with Gasteiger partial charge in [0.1, 0.15) is 5.01 Å². The maximum absolute atomic E-state index is 12.3. The molecule has 190 valence electrons. The third-order valence-electron chi connectivity index (χ3n) is 6.96. The highest BCUT2D eigenvalue weighted by atomic mass is 32.1. The first kappa shape index (κ1) is 25.7. The first-order chi connectivity index (χ1) is 17.2. The summed E-state index contributed by atoms with van der Waals surface area (Å²) >= 11 is 1.28. The minimum absolute atomic E-state index is 0.0821. The van der Waals surface area contributed by atoms with Crippen molar-refractivity contribution in [2.45, 2.75) is 63.8 Å². The van der Waals surface area contributed by atoms with Crippen LogP contribution in [0.15, 0.2) is 30.3 Å². The Morgan fingerprint density at radius 3 is 2.51 bits per heavy atom. The van der Waals surface area contributed by atoms with E-state index in [2.05, 4.69) is 30.6 Å². The first-order valence-corrected chi connectivity index (χ1v) is 13.9. The van der Waals surface area contributed by atoms with E-state index < -0.39 is 0 Å². The van der Waals surface area contributed by atoms with Crippen LogP contribution < -0.4 is 10.6 Å². The van der Waals surface area contributed by atoms with Crippen molar-refractivity contribution < 1.29 is 9.59 Å². The van der Waals surface area contributed by atoms with Gasteiger partial charge in [0.25, 0.3) is 5.91 Å². The number of aryl methyl sites for hydroxylation is 1. The molecule has 2 N–H and O–H groups in total. The van der Waals surface area contributed by atoms with Gasteiger partial charge in [-0.15, -0.1) is 10.2 Å². The second-order valence-corrected chi connectivity index (χ2v) is 10.6. The molecule has 2 amide bonds. The van der Waals surface area contributed by atoms with Gasteiger partial charge < -0.3 is 15.5 Å². The largest absolute Gasteiger partial charge is 0.356 e. The lowest BCUT2D eigenvalue weighted by atomic mass is 9.94. The number of piperazine rings is 1. The Labute approximate surface area is 212 Å². The number of benzene rings is 1. The van der Waals surface area contributed by atoms with Crippen LogP contribution in [0.2, 0.25) is 0 Å². The second kappa shape index (κ2) is 13.7. The molecule has 9 heteroatoms. The number of hydrogen-bond donors (Lipinski definition) is 2. The lowest BCUT2D eigenvalue weighted by Crippen LogP contribution is -2.51. The van der Waals surface area contributed by atoms with Gasteiger partial charge in [0, 0.05) is 57.3 Å². The average Bonchev–Trinajstić information content (AvgIpc) is 3.37. The molecule has 1 saturated carbocycles. The van der Waals surface area contributed by atoms with Crippen molar-refractivity contribution in [2.24, 2.45) is 0 Å². The van der Waals surface area contributed by atoms with Gasteiger partial charge >= 0.3 is 0 Å². The monoisotopic (exact) mass is 498 g/mol. The molecule has 1 aromatic carbocycles. The molecule has 1 aliphatic carbocycles. The molecule has 1 aliphatic heterocycles. The molecule has 2 heterocycles. The van der Waals surface area contributed by atoms with E-state index in [1.54, 1.807) is 0 Å². The van der Waals surface area contributed by atoms with Crippen molar-refractivity contribution in [3.63, 3.8) is 0 Å². The fourth-order valence-electron chi connectivity index (χ4n) is 4.97. The maximum Gasteiger partial charge on any atom is 0.286 e. The van der Waals surface area contributed by atoms with Gasteiger partial charge in [-0.05, 0) is 44.4 Å². The maximum atomic E-state index is 12.3. The molecule has 1 aromatic heterocycles. The number of amides is 2. The number of anilines is 1. The number of nitrogens with zero attached hydrogens (tertiary/aromatic N) is 4. The zero-order chi connectivity index (χ0) is 24.3. The third-order valence-corrected chi connectivity index (χ3v) is 7.94. The smallest absolute Gasteiger partial charge is 0.286 e. The molecule has 1 saturated heterocycles. The van der Waals surface area contributed by atoms with Crippen molar-refractivity contribution >= 4 is 28.8 Å². The Morgan fingerprint density at radius 2 is 1.74 bits per heavy atom. The van der Waals surface area contributed by atoms with Crippen molar-refractivity contribution in [3.05, 3.63) is 40.3 Å². The van der Waals surface area contributed by atoms with Gasteiger partial charge in [0.05, 0.1) is 0 Å². The van der Waals surface area contributed by atoms with E-state index in [0.29, 0.717) is 24.3 Å². The van der Waals surface area contributed by atoms with E-state index in [4.69, 9.17) is 0 Å². The lowest BCUT2D eigenvalue weighted by Gasteiger charge is -2.40. The molecule has 2 aliphatic rings. The van der Waals surface area contributed by atoms with Crippen LogP contribution in [-0.4, -0.2) is 77.1 Å². The standard InChI is InChI=1S/C26H38N6O2S/c33-23(27-15-8-16-31-17-19-32(20-18-31)22-11-5-2-6-12-22)13-7-14-24-29-30-26(35-24)25(34)28-21-9-3-1-4-10-21/h1,3-4,9-10,22H,2,5-8,11-20H2,(H,27,33)(H,28,34). The molecule has 2 aromatic rings. The summed E-state index contributed by atoms with van der Waals surface area (Å²) in [5.41, 5.74) is 0.729. The topological polar surface area (TPSA) is 90.5 Å². The van der Waals surface area contributed by atoms with Crippen molar-refractivity contribution in [1.82, 2.24) is 25.3 Å². The van der Waals surface area contributed by atoms with Crippen LogP contribution in [0.3, 0.4) is 0 Å². The van der Waals surface area contributed by atoms with Gasteiger partial charge in [-0.3, -0.25) is 14.5 Å². The van der Waals surface area contributed by atoms with Gasteiger partial charge in [-0.1, -0.05) is 48.8 Å². The molecular formula is C26H38N6O2S. The zero-order valence-corrected chi connectivity index (χ0v) is 21.4. The summed E-state index contributed by atoms with van der Waals surface area (Å²) in [4.78, 5) is 29.7. The van der Waals surface area contributed by atoms with E-state index in [1.807, 2.05) is 30.3 Å². The Bertz CT molecular complexity index is 923. The molecule has 35 heavy (non-hydrogen) atoms. The Hall–Kier alpha value is -2.36. The van der Waals surface area contributed by atoms with E-state index >= 15 is 0 Å². The van der Waals surface area contributed by atoms with E-state index in [-0.39, 0.29) is 11.8 Å². The van der Waals surface area contributed by atoms with Crippen molar-refractivity contribution in [3.8, 4) is 0 Å². The molecule has 8 nitrogen and oxygen atoms in total. The minimum atomic E-state index is -0.256. The summed E-state index contributed by atoms with van der Waals surface area (Å²) in [5, 5.41) is 15.1. The summed E-state index contributed by atoms with van der Waals surface area (Å²) in [7, 11) is 0. The molecule has 0 atom stereocenters. The fourth-order valence-corrected chi connectivity index (χ4v) is 5.75. The van der Waals surface area contributed by atoms with E-state index in [9.17, 15) is 9.59 Å². The molecular weight excluding hydrogens is 460 g/mol. The van der Waals surface area contributed by atoms with Crippen LogP contribution in [0.1, 0.15) is 66.2 Å². The number of carbonyl (C=O) groups excluding carboxylic acids is 2. The summed E-state index contributed by atoms with van der Waals surface area (Å²) in [6.07, 6.45) is 9.79. The normalized spacial score (nSPS) is 17.8. The molecule has 0 bridgehead atoms. The first-order valence-electron chi connectivity index (χ1n) is 13.1. The number of carbonyl (C=O) groups is 2. The van der Waals surface area contributed by atoms with Crippen LogP contribution in [0.4, 0.5) is 5.69 Å². The van der Waals surface area contributed by atoms with Gasteiger partial charge in [-0.25, -0.2) is 0 Å². The van der Waals surface area contributed by atoms with E-state index in [0.717, 1.165) is 49.3 Å². The number of para-hydroxylation sites is 1. The summed E-state index contributed by atoms with van der Waals surface area (Å²) in [6, 6.07) is 10.1. The summed E-state index contributed by atoms with van der Waals surface area (Å²) in [6.45, 7) is 6.47. The van der Waals surface area contributed by atoms with Crippen LogP contribution in [0.5, 0.6) is 0 Å². The van der Waals surface area contributed by atoms with Crippen molar-refractivity contribution in [1.29, 1.82) is 0 Å². The SMILES string of the molecule is O=C(CCCc1nnc(C(=O)Nc2ccccc2)s1)NCCCN1CCN(C2CCCCC2)CC1. The van der Waals surface area contributed by atoms with Crippen LogP contribution in [0.25, 0.3) is 0 Å². The quantitative estimate of drug-likeness (QED) is 0.461. The van der Waals surface area contributed by atoms with E-state index in [1.165, 1.54) is 56.5 Å². The average molecular weight is 499 g/mol. The summed E-state index contributed by atoms with van der Waals surface area (Å²) < 4.78 is 0. The van der Waals surface area contributed by atoms with Crippen LogP contribution >= 0.6 is 11.3 Å². The Kier molecular flexibility index (Phi) is 10.0. The number of hydrogen-bond acceptors (Lipinski definition) is 7. The molecule has 0 spiro atoms. The van der Waals surface area contributed by atoms with Gasteiger partial charge in [-0.2, -0.15) is 0 Å². The molecule has 2 fully saturated rings. The zero-order valence-electron chi connectivity index (χ0n) is 20.6. The lowest BCUT2D eigenvalue weighted by molar-refractivity contribution is -0.121.